The number of rotatable bonds is 6. The molecule has 0 fully saturated rings. The Balaban J connectivity index is 2.06. The van der Waals surface area contributed by atoms with Crippen molar-refractivity contribution in [2.45, 2.75) is 38.5 Å². The standard InChI is InChI=1S/C15H23NO4/c1-10-4-11-5-13(19-3)12(6-14(11)20-10)7-16-8-15(2,18)9-17/h5-6,10,16-18H,4,7-9H2,1-3H3. The van der Waals surface area contributed by atoms with Crippen molar-refractivity contribution in [3.8, 4) is 11.5 Å². The van der Waals surface area contributed by atoms with Gasteiger partial charge in [0.25, 0.3) is 0 Å². The van der Waals surface area contributed by atoms with E-state index in [9.17, 15) is 5.11 Å². The molecule has 2 rings (SSSR count). The second kappa shape index (κ2) is 5.99. The molecule has 2 atom stereocenters. The smallest absolute Gasteiger partial charge is 0.123 e. The quantitative estimate of drug-likeness (QED) is 0.721. The first-order valence-electron chi connectivity index (χ1n) is 6.85. The summed E-state index contributed by atoms with van der Waals surface area (Å²) in [6, 6.07) is 4.00. The lowest BCUT2D eigenvalue weighted by Crippen LogP contribution is -2.40. The third-order valence-electron chi connectivity index (χ3n) is 3.46. The fourth-order valence-corrected chi connectivity index (χ4v) is 2.33. The summed E-state index contributed by atoms with van der Waals surface area (Å²) < 4.78 is 11.2. The SMILES string of the molecule is COc1cc2c(cc1CNCC(C)(O)CO)OC(C)C2. The average molecular weight is 281 g/mol. The Morgan fingerprint density at radius 2 is 2.25 bits per heavy atom. The van der Waals surface area contributed by atoms with Gasteiger partial charge in [-0.25, -0.2) is 0 Å². The third kappa shape index (κ3) is 3.42. The molecular weight excluding hydrogens is 258 g/mol. The number of nitrogens with one attached hydrogen (secondary N) is 1. The van der Waals surface area contributed by atoms with Crippen LogP contribution in [0.2, 0.25) is 0 Å². The van der Waals surface area contributed by atoms with E-state index in [-0.39, 0.29) is 12.7 Å². The van der Waals surface area contributed by atoms with E-state index in [0.29, 0.717) is 13.1 Å². The topological polar surface area (TPSA) is 71.0 Å². The third-order valence-corrected chi connectivity index (χ3v) is 3.46. The molecule has 0 aliphatic carbocycles. The Kier molecular flexibility index (Phi) is 4.52. The zero-order chi connectivity index (χ0) is 14.8. The molecule has 0 saturated carbocycles. The summed E-state index contributed by atoms with van der Waals surface area (Å²) in [5.41, 5.74) is 1.03. The van der Waals surface area contributed by atoms with Gasteiger partial charge in [-0.1, -0.05) is 0 Å². The molecule has 0 spiro atoms. The van der Waals surface area contributed by atoms with Crippen LogP contribution in [0.5, 0.6) is 11.5 Å². The largest absolute Gasteiger partial charge is 0.496 e. The minimum atomic E-state index is -1.12. The number of fused-ring (bicyclic) bond motifs is 1. The van der Waals surface area contributed by atoms with Gasteiger partial charge in [0.15, 0.2) is 0 Å². The van der Waals surface area contributed by atoms with Gasteiger partial charge in [-0.05, 0) is 26.0 Å². The minimum Gasteiger partial charge on any atom is -0.496 e. The maximum Gasteiger partial charge on any atom is 0.123 e. The van der Waals surface area contributed by atoms with Crippen molar-refractivity contribution in [3.05, 3.63) is 23.3 Å². The summed E-state index contributed by atoms with van der Waals surface area (Å²) in [6.45, 7) is 4.21. The van der Waals surface area contributed by atoms with Crippen LogP contribution in [0.25, 0.3) is 0 Å². The van der Waals surface area contributed by atoms with Crippen molar-refractivity contribution in [2.24, 2.45) is 0 Å². The number of methoxy groups -OCH3 is 1. The van der Waals surface area contributed by atoms with Crippen LogP contribution in [0, 0.1) is 0 Å². The number of ether oxygens (including phenoxy) is 2. The molecule has 0 saturated heterocycles. The molecule has 5 nitrogen and oxygen atoms in total. The minimum absolute atomic E-state index is 0.202. The highest BCUT2D eigenvalue weighted by Gasteiger charge is 2.22. The Morgan fingerprint density at radius 1 is 1.50 bits per heavy atom. The van der Waals surface area contributed by atoms with Gasteiger partial charge in [0.2, 0.25) is 0 Å². The van der Waals surface area contributed by atoms with Crippen LogP contribution >= 0.6 is 0 Å². The maximum atomic E-state index is 9.75. The first-order valence-corrected chi connectivity index (χ1v) is 6.85. The number of hydrogen-bond acceptors (Lipinski definition) is 5. The highest BCUT2D eigenvalue weighted by atomic mass is 16.5. The maximum absolute atomic E-state index is 9.75. The van der Waals surface area contributed by atoms with Crippen molar-refractivity contribution in [1.29, 1.82) is 0 Å². The van der Waals surface area contributed by atoms with Crippen molar-refractivity contribution in [1.82, 2.24) is 5.32 Å². The molecule has 1 heterocycles. The predicted octanol–water partition coefficient (Wildman–Crippen LogP) is 0.851. The van der Waals surface area contributed by atoms with Crippen LogP contribution in [0.1, 0.15) is 25.0 Å². The molecule has 3 N–H and O–H groups in total. The van der Waals surface area contributed by atoms with Crippen molar-refractivity contribution in [3.63, 3.8) is 0 Å². The van der Waals surface area contributed by atoms with Gasteiger partial charge in [-0.15, -0.1) is 0 Å². The highest BCUT2D eigenvalue weighted by Crippen LogP contribution is 2.34. The van der Waals surface area contributed by atoms with Gasteiger partial charge < -0.3 is 25.0 Å². The Morgan fingerprint density at radius 3 is 2.90 bits per heavy atom. The monoisotopic (exact) mass is 281 g/mol. The van der Waals surface area contributed by atoms with E-state index in [1.54, 1.807) is 14.0 Å². The summed E-state index contributed by atoms with van der Waals surface area (Å²) in [6.07, 6.45) is 1.10. The molecule has 0 bridgehead atoms. The molecule has 2 unspecified atom stereocenters. The van der Waals surface area contributed by atoms with Gasteiger partial charge in [0.05, 0.1) is 19.3 Å². The van der Waals surface area contributed by atoms with Gasteiger partial charge in [0.1, 0.15) is 17.6 Å². The molecule has 1 aromatic rings. The first-order chi connectivity index (χ1) is 9.45. The molecule has 1 aromatic carbocycles. The number of aliphatic hydroxyl groups excluding tert-OH is 1. The van der Waals surface area contributed by atoms with Crippen molar-refractivity contribution < 1.29 is 19.7 Å². The summed E-state index contributed by atoms with van der Waals surface area (Å²) >= 11 is 0. The summed E-state index contributed by atoms with van der Waals surface area (Å²) in [5, 5.41) is 21.9. The van der Waals surface area contributed by atoms with Crippen molar-refractivity contribution >= 4 is 0 Å². The van der Waals surface area contributed by atoms with Gasteiger partial charge in [-0.3, -0.25) is 0 Å². The molecule has 0 radical (unpaired) electrons. The van der Waals surface area contributed by atoms with Gasteiger partial charge >= 0.3 is 0 Å². The van der Waals surface area contributed by atoms with E-state index in [2.05, 4.69) is 5.32 Å². The lowest BCUT2D eigenvalue weighted by atomic mass is 10.1. The van der Waals surface area contributed by atoms with Crippen molar-refractivity contribution in [2.75, 3.05) is 20.3 Å². The number of benzene rings is 1. The van der Waals surface area contributed by atoms with Crippen LogP contribution in [-0.2, 0) is 13.0 Å². The molecule has 20 heavy (non-hydrogen) atoms. The van der Waals surface area contributed by atoms with E-state index < -0.39 is 5.60 Å². The molecule has 0 amide bonds. The van der Waals surface area contributed by atoms with E-state index >= 15 is 0 Å². The lowest BCUT2D eigenvalue weighted by Gasteiger charge is -2.21. The summed E-state index contributed by atoms with van der Waals surface area (Å²) in [4.78, 5) is 0. The predicted molar refractivity (Wildman–Crippen MR) is 76.2 cm³/mol. The fraction of sp³-hybridized carbons (Fsp3) is 0.600. The molecular formula is C15H23NO4. The molecule has 0 aromatic heterocycles. The fourth-order valence-electron chi connectivity index (χ4n) is 2.33. The van der Waals surface area contributed by atoms with Gasteiger partial charge in [-0.2, -0.15) is 0 Å². The summed E-state index contributed by atoms with van der Waals surface area (Å²) in [7, 11) is 1.65. The molecule has 5 heteroatoms. The Hall–Kier alpha value is -1.30. The zero-order valence-electron chi connectivity index (χ0n) is 12.3. The van der Waals surface area contributed by atoms with E-state index in [0.717, 1.165) is 23.5 Å². The second-order valence-electron chi connectivity index (χ2n) is 5.66. The average Bonchev–Trinajstić information content (AvgIpc) is 2.76. The molecule has 1 aliphatic rings. The van der Waals surface area contributed by atoms with Crippen LogP contribution in [0.3, 0.4) is 0 Å². The normalized spacial score (nSPS) is 20.1. The Bertz CT molecular complexity index is 473. The highest BCUT2D eigenvalue weighted by molar-refractivity contribution is 5.48. The molecule has 112 valence electrons. The molecule has 1 aliphatic heterocycles. The van der Waals surface area contributed by atoms with Crippen LogP contribution < -0.4 is 14.8 Å². The van der Waals surface area contributed by atoms with Crippen LogP contribution in [0.15, 0.2) is 12.1 Å². The van der Waals surface area contributed by atoms with E-state index in [4.69, 9.17) is 14.6 Å². The van der Waals surface area contributed by atoms with E-state index in [1.165, 1.54) is 5.56 Å². The van der Waals surface area contributed by atoms with Crippen LogP contribution in [0.4, 0.5) is 0 Å². The van der Waals surface area contributed by atoms with Gasteiger partial charge in [0, 0.05) is 30.6 Å². The second-order valence-corrected chi connectivity index (χ2v) is 5.66. The first kappa shape index (κ1) is 15.1. The summed E-state index contributed by atoms with van der Waals surface area (Å²) in [5.74, 6) is 1.72. The number of hydrogen-bond donors (Lipinski definition) is 3. The zero-order valence-corrected chi connectivity index (χ0v) is 12.3. The number of aliphatic hydroxyl groups is 2. The Labute approximate surface area is 119 Å². The van der Waals surface area contributed by atoms with E-state index in [1.807, 2.05) is 19.1 Å². The lowest BCUT2D eigenvalue weighted by molar-refractivity contribution is 0.00251. The van der Waals surface area contributed by atoms with Crippen LogP contribution in [-0.4, -0.2) is 42.2 Å².